The lowest BCUT2D eigenvalue weighted by Gasteiger charge is -2.27. The molecule has 0 bridgehead atoms. The molecule has 1 heterocycles. The molecule has 1 aromatic carbocycles. The number of benzene rings is 1. The molecular formula is C26H32FN3O4S. The van der Waals surface area contributed by atoms with Crippen molar-refractivity contribution in [2.75, 3.05) is 11.6 Å². The van der Waals surface area contributed by atoms with Gasteiger partial charge in [-0.05, 0) is 87.6 Å². The van der Waals surface area contributed by atoms with Crippen LogP contribution < -0.4 is 10.6 Å². The van der Waals surface area contributed by atoms with E-state index < -0.39 is 22.5 Å². The van der Waals surface area contributed by atoms with Crippen LogP contribution in [-0.4, -0.2) is 43.9 Å². The first-order chi connectivity index (χ1) is 16.6. The van der Waals surface area contributed by atoms with Crippen LogP contribution in [0.2, 0.25) is 0 Å². The van der Waals surface area contributed by atoms with Crippen molar-refractivity contribution in [2.45, 2.75) is 69.6 Å². The van der Waals surface area contributed by atoms with Gasteiger partial charge >= 0.3 is 0 Å². The average molecular weight is 502 g/mol. The summed E-state index contributed by atoms with van der Waals surface area (Å²) >= 11 is 0. The van der Waals surface area contributed by atoms with Gasteiger partial charge in [0.25, 0.3) is 17.6 Å². The van der Waals surface area contributed by atoms with Gasteiger partial charge in [-0.2, -0.15) is 0 Å². The first-order valence-corrected chi connectivity index (χ1v) is 13.6. The van der Waals surface area contributed by atoms with E-state index in [1.54, 1.807) is 37.8 Å². The number of carbonyl (C=O) groups is 3. The highest BCUT2D eigenvalue weighted by Gasteiger charge is 2.39. The summed E-state index contributed by atoms with van der Waals surface area (Å²) in [5, 5.41) is 5.83. The summed E-state index contributed by atoms with van der Waals surface area (Å²) in [6.45, 7) is 3.38. The summed E-state index contributed by atoms with van der Waals surface area (Å²) in [6, 6.07) is 4.24. The summed E-state index contributed by atoms with van der Waals surface area (Å²) < 4.78 is 27.0. The first kappa shape index (κ1) is 25.3. The SMILES string of the molecule is Cc1cc(NC(=O)c2c(C3CC3)c(C(=O)C(=O)NC3CCC(S(C)=O)CC3)n(C)c2C)ccc1F. The number of hydrogen-bond donors (Lipinski definition) is 2. The third kappa shape index (κ3) is 5.24. The molecule has 9 heteroatoms. The number of ketones is 1. The Morgan fingerprint density at radius 2 is 1.71 bits per heavy atom. The highest BCUT2D eigenvalue weighted by atomic mass is 32.2. The molecule has 1 aromatic heterocycles. The van der Waals surface area contributed by atoms with Gasteiger partial charge in [-0.1, -0.05) is 0 Å². The number of rotatable bonds is 7. The van der Waals surface area contributed by atoms with E-state index in [1.807, 2.05) is 0 Å². The average Bonchev–Trinajstić information content (AvgIpc) is 3.62. The van der Waals surface area contributed by atoms with Crippen molar-refractivity contribution in [3.8, 4) is 0 Å². The van der Waals surface area contributed by atoms with Gasteiger partial charge in [-0.3, -0.25) is 18.6 Å². The Balaban J connectivity index is 1.56. The van der Waals surface area contributed by atoms with Gasteiger partial charge in [0, 0.05) is 46.8 Å². The molecule has 0 aliphatic heterocycles. The van der Waals surface area contributed by atoms with E-state index in [-0.39, 0.29) is 34.6 Å². The van der Waals surface area contributed by atoms with Crippen molar-refractivity contribution >= 4 is 34.1 Å². The largest absolute Gasteiger partial charge is 0.346 e. The number of amides is 2. The number of halogens is 1. The number of aromatic nitrogens is 1. The highest BCUT2D eigenvalue weighted by molar-refractivity contribution is 7.84. The molecule has 35 heavy (non-hydrogen) atoms. The van der Waals surface area contributed by atoms with Crippen molar-refractivity contribution in [3.63, 3.8) is 0 Å². The molecule has 1 atom stereocenters. The highest BCUT2D eigenvalue weighted by Crippen LogP contribution is 2.45. The van der Waals surface area contributed by atoms with E-state index in [1.165, 1.54) is 12.1 Å². The zero-order valence-corrected chi connectivity index (χ0v) is 21.4. The Morgan fingerprint density at radius 3 is 2.29 bits per heavy atom. The van der Waals surface area contributed by atoms with E-state index in [9.17, 15) is 23.0 Å². The van der Waals surface area contributed by atoms with Crippen molar-refractivity contribution in [3.05, 3.63) is 52.1 Å². The zero-order chi connectivity index (χ0) is 25.4. The molecule has 2 aliphatic rings. The van der Waals surface area contributed by atoms with E-state index in [2.05, 4.69) is 10.6 Å². The van der Waals surface area contributed by atoms with Gasteiger partial charge in [0.1, 0.15) is 5.82 Å². The zero-order valence-electron chi connectivity index (χ0n) is 20.6. The molecule has 7 nitrogen and oxygen atoms in total. The Kier molecular flexibility index (Phi) is 7.26. The van der Waals surface area contributed by atoms with Crippen LogP contribution in [0.4, 0.5) is 10.1 Å². The summed E-state index contributed by atoms with van der Waals surface area (Å²) in [5.74, 6) is -2.00. The van der Waals surface area contributed by atoms with Crippen molar-refractivity contribution in [1.29, 1.82) is 0 Å². The quantitative estimate of drug-likeness (QED) is 0.444. The molecule has 0 spiro atoms. The summed E-state index contributed by atoms with van der Waals surface area (Å²) in [7, 11) is 0.813. The fourth-order valence-corrected chi connectivity index (χ4v) is 5.91. The van der Waals surface area contributed by atoms with Crippen molar-refractivity contribution < 1.29 is 23.0 Å². The number of hydrogen-bond acceptors (Lipinski definition) is 4. The van der Waals surface area contributed by atoms with Crippen LogP contribution in [-0.2, 0) is 22.6 Å². The van der Waals surface area contributed by atoms with Crippen molar-refractivity contribution in [1.82, 2.24) is 9.88 Å². The Morgan fingerprint density at radius 1 is 1.06 bits per heavy atom. The maximum atomic E-state index is 13.6. The Hall–Kier alpha value is -2.81. The molecule has 2 aliphatic carbocycles. The number of carbonyl (C=O) groups excluding carboxylic acids is 3. The number of anilines is 1. The predicted octanol–water partition coefficient (Wildman–Crippen LogP) is 3.90. The maximum Gasteiger partial charge on any atom is 0.294 e. The van der Waals surface area contributed by atoms with Crippen LogP contribution in [0.1, 0.15) is 82.1 Å². The molecule has 0 saturated heterocycles. The molecule has 2 N–H and O–H groups in total. The summed E-state index contributed by atoms with van der Waals surface area (Å²) in [6.07, 6.45) is 6.29. The van der Waals surface area contributed by atoms with Crippen LogP contribution >= 0.6 is 0 Å². The lowest BCUT2D eigenvalue weighted by molar-refractivity contribution is -0.117. The van der Waals surface area contributed by atoms with Crippen LogP contribution in [0.3, 0.4) is 0 Å². The Labute approximate surface area is 207 Å². The van der Waals surface area contributed by atoms with Crippen LogP contribution in [0.25, 0.3) is 0 Å². The van der Waals surface area contributed by atoms with Gasteiger partial charge in [-0.25, -0.2) is 4.39 Å². The first-order valence-electron chi connectivity index (χ1n) is 12.0. The number of aryl methyl sites for hydroxylation is 1. The van der Waals surface area contributed by atoms with E-state index >= 15 is 0 Å². The van der Waals surface area contributed by atoms with Gasteiger partial charge in [0.15, 0.2) is 0 Å². The molecule has 2 aromatic rings. The predicted molar refractivity (Wildman–Crippen MR) is 134 cm³/mol. The smallest absolute Gasteiger partial charge is 0.294 e. The van der Waals surface area contributed by atoms with Crippen LogP contribution in [0, 0.1) is 19.7 Å². The number of Topliss-reactive ketones (excluding diaryl/α,β-unsaturated/α-hetero) is 1. The van der Waals surface area contributed by atoms with E-state index in [0.717, 1.165) is 25.7 Å². The van der Waals surface area contributed by atoms with Crippen molar-refractivity contribution in [2.24, 2.45) is 7.05 Å². The van der Waals surface area contributed by atoms with E-state index in [4.69, 9.17) is 0 Å². The summed E-state index contributed by atoms with van der Waals surface area (Å²) in [5.41, 5.74) is 2.76. The molecule has 2 saturated carbocycles. The molecule has 2 fully saturated rings. The third-order valence-corrected chi connectivity index (χ3v) is 8.66. The van der Waals surface area contributed by atoms with Gasteiger partial charge < -0.3 is 15.2 Å². The molecule has 1 unspecified atom stereocenters. The van der Waals surface area contributed by atoms with Gasteiger partial charge in [0.05, 0.1) is 11.3 Å². The fraction of sp³-hybridized carbons (Fsp3) is 0.500. The molecule has 0 radical (unpaired) electrons. The van der Waals surface area contributed by atoms with E-state index in [0.29, 0.717) is 40.9 Å². The normalized spacial score (nSPS) is 20.8. The second kappa shape index (κ2) is 10.0. The number of nitrogens with one attached hydrogen (secondary N) is 2. The summed E-state index contributed by atoms with van der Waals surface area (Å²) in [4.78, 5) is 39.6. The maximum absolute atomic E-state index is 13.6. The second-order valence-electron chi connectivity index (χ2n) is 9.75. The monoisotopic (exact) mass is 501 g/mol. The van der Waals surface area contributed by atoms with Gasteiger partial charge in [-0.15, -0.1) is 0 Å². The third-order valence-electron chi connectivity index (χ3n) is 7.25. The minimum Gasteiger partial charge on any atom is -0.346 e. The second-order valence-corrected chi connectivity index (χ2v) is 11.4. The lowest BCUT2D eigenvalue weighted by atomic mass is 9.94. The Bertz CT molecular complexity index is 1210. The minimum absolute atomic E-state index is 0.0485. The molecule has 188 valence electrons. The number of nitrogens with zero attached hydrogens (tertiary/aromatic N) is 1. The van der Waals surface area contributed by atoms with Crippen LogP contribution in [0.5, 0.6) is 0 Å². The topological polar surface area (TPSA) is 97.3 Å². The fourth-order valence-electron chi connectivity index (χ4n) is 4.97. The lowest BCUT2D eigenvalue weighted by Crippen LogP contribution is -2.43. The minimum atomic E-state index is -0.884. The van der Waals surface area contributed by atoms with Gasteiger partial charge in [0.2, 0.25) is 0 Å². The van der Waals surface area contributed by atoms with Crippen LogP contribution in [0.15, 0.2) is 18.2 Å². The molecule has 4 rings (SSSR count). The standard InChI is InChI=1S/C26H32FN3O4S/c1-14-13-18(9-12-20(14)27)29-25(32)21-15(2)30(3)23(22(21)16-5-6-16)24(31)26(33)28-17-7-10-19(11-8-17)35(4)34/h9,12-13,16-17,19H,5-8,10-11H2,1-4H3,(H,28,33)(H,29,32). The molecule has 2 amide bonds. The molecular weight excluding hydrogens is 469 g/mol.